The van der Waals surface area contributed by atoms with Crippen LogP contribution in [0.4, 0.5) is 23.4 Å². The Morgan fingerprint density at radius 1 is 1.06 bits per heavy atom. The minimum absolute atomic E-state index is 0.168. The van der Waals surface area contributed by atoms with E-state index in [9.17, 15) is 22.4 Å². The average Bonchev–Trinajstić information content (AvgIpc) is 3.39. The van der Waals surface area contributed by atoms with Crippen LogP contribution in [0.1, 0.15) is 28.9 Å². The Balaban J connectivity index is 1.37. The van der Waals surface area contributed by atoms with Gasteiger partial charge in [0.25, 0.3) is 5.91 Å². The molecule has 3 aromatic rings. The molecule has 1 aliphatic heterocycles. The molecule has 5 rings (SSSR count). The third kappa shape index (κ3) is 4.10. The minimum atomic E-state index is -4.56. The topological polar surface area (TPSA) is 83.9 Å². The summed E-state index contributed by atoms with van der Waals surface area (Å²) in [5.74, 6) is -0.132. The number of hydrogen-bond acceptors (Lipinski definition) is 6. The molecule has 3 atom stereocenters. The summed E-state index contributed by atoms with van der Waals surface area (Å²) in [7, 11) is 0. The summed E-state index contributed by atoms with van der Waals surface area (Å²) < 4.78 is 52.2. The first kappa shape index (κ1) is 21.2. The molecule has 1 N–H and O–H groups in total. The molecule has 11 heteroatoms. The largest absolute Gasteiger partial charge is 0.434 e. The van der Waals surface area contributed by atoms with Gasteiger partial charge in [-0.3, -0.25) is 4.79 Å². The first-order valence-corrected chi connectivity index (χ1v) is 10.3. The molecule has 1 amide bonds. The highest BCUT2D eigenvalue weighted by Crippen LogP contribution is 2.40. The van der Waals surface area contributed by atoms with E-state index < -0.39 is 17.7 Å². The van der Waals surface area contributed by atoms with E-state index in [2.05, 4.69) is 25.3 Å². The van der Waals surface area contributed by atoms with Gasteiger partial charge < -0.3 is 10.2 Å². The number of benzene rings is 1. The highest BCUT2D eigenvalue weighted by atomic mass is 19.4. The van der Waals surface area contributed by atoms with Crippen molar-refractivity contribution in [2.75, 3.05) is 11.9 Å². The summed E-state index contributed by atoms with van der Waals surface area (Å²) in [6.07, 6.45) is 1.73. The number of anilines is 1. The molecule has 2 aliphatic rings. The summed E-state index contributed by atoms with van der Waals surface area (Å²) in [6, 6.07) is 5.16. The molecule has 2 bridgehead atoms. The van der Waals surface area contributed by atoms with Crippen molar-refractivity contribution < 1.29 is 22.4 Å². The minimum Gasteiger partial charge on any atom is -0.364 e. The first-order chi connectivity index (χ1) is 15.8. The Morgan fingerprint density at radius 2 is 1.85 bits per heavy atom. The lowest BCUT2D eigenvalue weighted by atomic mass is 10.0. The quantitative estimate of drug-likeness (QED) is 0.599. The van der Waals surface area contributed by atoms with E-state index in [-0.39, 0.29) is 35.3 Å². The normalized spacial score (nSPS) is 21.9. The average molecular weight is 458 g/mol. The van der Waals surface area contributed by atoms with E-state index >= 15 is 0 Å². The molecule has 3 heterocycles. The molecule has 1 aliphatic carbocycles. The highest BCUT2D eigenvalue weighted by Gasteiger charge is 2.47. The fraction of sp³-hybridized carbons (Fsp3) is 0.318. The van der Waals surface area contributed by atoms with Crippen LogP contribution in [-0.4, -0.2) is 49.4 Å². The summed E-state index contributed by atoms with van der Waals surface area (Å²) in [6.45, 7) is 0.520. The monoisotopic (exact) mass is 458 g/mol. The van der Waals surface area contributed by atoms with Crippen molar-refractivity contribution in [1.29, 1.82) is 0 Å². The Kier molecular flexibility index (Phi) is 5.18. The lowest BCUT2D eigenvalue weighted by molar-refractivity contribution is -0.141. The van der Waals surface area contributed by atoms with Gasteiger partial charge in [-0.1, -0.05) is 0 Å². The van der Waals surface area contributed by atoms with Crippen LogP contribution in [0.2, 0.25) is 0 Å². The first-order valence-electron chi connectivity index (χ1n) is 10.3. The van der Waals surface area contributed by atoms with Crippen molar-refractivity contribution in [1.82, 2.24) is 24.8 Å². The number of aromatic nitrogens is 4. The van der Waals surface area contributed by atoms with E-state index in [1.165, 1.54) is 18.2 Å². The van der Waals surface area contributed by atoms with Crippen molar-refractivity contribution in [2.45, 2.75) is 31.1 Å². The summed E-state index contributed by atoms with van der Waals surface area (Å²) in [5, 5.41) is 3.11. The molecule has 2 aromatic heterocycles. The number of amides is 1. The van der Waals surface area contributed by atoms with E-state index in [4.69, 9.17) is 0 Å². The van der Waals surface area contributed by atoms with Crippen LogP contribution in [0.3, 0.4) is 0 Å². The number of carbonyl (C=O) groups excluding carboxylic acids is 1. The number of hydrogen-bond donors (Lipinski definition) is 1. The standard InChI is InChI=1S/C22H18F4N6O/c23-13-2-3-14(20-27-4-1-5-28-20)15(8-13)21(33)32-11-12-6-16(17(32)7-12)31-19-10-29-18(9-30-19)22(24,25)26/h1-5,8-10,12,16-17H,6-7,11H2,(H,30,31). The number of halogens is 4. The summed E-state index contributed by atoms with van der Waals surface area (Å²) in [5.41, 5.74) is -0.468. The number of likely N-dealkylation sites (tertiary alicyclic amines) is 1. The summed E-state index contributed by atoms with van der Waals surface area (Å²) >= 11 is 0. The molecule has 7 nitrogen and oxygen atoms in total. The highest BCUT2D eigenvalue weighted by molar-refractivity contribution is 6.00. The number of nitrogens with one attached hydrogen (secondary N) is 1. The molecule has 1 saturated carbocycles. The van der Waals surface area contributed by atoms with Crippen LogP contribution < -0.4 is 5.32 Å². The SMILES string of the molecule is O=C(c1cc(F)ccc1-c1ncccn1)N1CC2CC(Nc3cnc(C(F)(F)F)cn3)C1C2. The van der Waals surface area contributed by atoms with Gasteiger partial charge in [0.2, 0.25) is 0 Å². The molecular formula is C22H18F4N6O. The predicted octanol–water partition coefficient (Wildman–Crippen LogP) is 3.81. The predicted molar refractivity (Wildman–Crippen MR) is 109 cm³/mol. The Hall–Kier alpha value is -3.63. The molecule has 170 valence electrons. The van der Waals surface area contributed by atoms with E-state index in [0.717, 1.165) is 19.0 Å². The van der Waals surface area contributed by atoms with Crippen molar-refractivity contribution in [3.63, 3.8) is 0 Å². The van der Waals surface area contributed by atoms with Gasteiger partial charge in [-0.05, 0) is 43.0 Å². The van der Waals surface area contributed by atoms with Crippen molar-refractivity contribution in [3.8, 4) is 11.4 Å². The van der Waals surface area contributed by atoms with Gasteiger partial charge in [0.15, 0.2) is 11.5 Å². The zero-order valence-corrected chi connectivity index (χ0v) is 17.1. The van der Waals surface area contributed by atoms with E-state index in [1.807, 2.05) is 0 Å². The number of piperidine rings is 1. The maximum Gasteiger partial charge on any atom is 0.434 e. The van der Waals surface area contributed by atoms with Gasteiger partial charge in [0.1, 0.15) is 11.6 Å². The van der Waals surface area contributed by atoms with Gasteiger partial charge in [-0.25, -0.2) is 24.3 Å². The van der Waals surface area contributed by atoms with Crippen molar-refractivity contribution in [3.05, 3.63) is 66.1 Å². The van der Waals surface area contributed by atoms with Crippen molar-refractivity contribution in [2.24, 2.45) is 5.92 Å². The van der Waals surface area contributed by atoms with Crippen molar-refractivity contribution >= 4 is 11.7 Å². The number of nitrogens with zero attached hydrogens (tertiary/aromatic N) is 5. The van der Waals surface area contributed by atoms with E-state index in [0.29, 0.717) is 24.1 Å². The van der Waals surface area contributed by atoms with Crippen LogP contribution in [-0.2, 0) is 6.18 Å². The van der Waals surface area contributed by atoms with Gasteiger partial charge in [0, 0.05) is 30.5 Å². The van der Waals surface area contributed by atoms with Crippen LogP contribution in [0.25, 0.3) is 11.4 Å². The van der Waals surface area contributed by atoms with Gasteiger partial charge in [-0.15, -0.1) is 0 Å². The fourth-order valence-electron chi connectivity index (χ4n) is 4.63. The molecule has 0 spiro atoms. The van der Waals surface area contributed by atoms with Crippen LogP contribution in [0.15, 0.2) is 49.1 Å². The van der Waals surface area contributed by atoms with Crippen LogP contribution in [0.5, 0.6) is 0 Å². The third-order valence-electron chi connectivity index (χ3n) is 6.04. The second kappa shape index (κ2) is 8.05. The smallest absolute Gasteiger partial charge is 0.364 e. The molecular weight excluding hydrogens is 440 g/mol. The molecule has 1 saturated heterocycles. The molecule has 1 aromatic carbocycles. The third-order valence-corrected chi connectivity index (χ3v) is 6.04. The van der Waals surface area contributed by atoms with Gasteiger partial charge >= 0.3 is 6.18 Å². The number of alkyl halides is 3. The maximum absolute atomic E-state index is 14.1. The van der Waals surface area contributed by atoms with Gasteiger partial charge in [0.05, 0.1) is 24.0 Å². The molecule has 33 heavy (non-hydrogen) atoms. The fourth-order valence-corrected chi connectivity index (χ4v) is 4.63. The van der Waals surface area contributed by atoms with Crippen LogP contribution in [0, 0.1) is 11.7 Å². The lowest BCUT2D eigenvalue weighted by Gasteiger charge is -2.34. The Bertz CT molecular complexity index is 1170. The zero-order chi connectivity index (χ0) is 23.2. The number of carbonyl (C=O) groups is 1. The van der Waals surface area contributed by atoms with E-state index in [1.54, 1.807) is 23.4 Å². The van der Waals surface area contributed by atoms with Crippen LogP contribution >= 0.6 is 0 Å². The second-order valence-electron chi connectivity index (χ2n) is 8.16. The molecule has 0 radical (unpaired) electrons. The molecule has 3 unspecified atom stereocenters. The molecule has 2 fully saturated rings. The zero-order valence-electron chi connectivity index (χ0n) is 17.1. The van der Waals surface area contributed by atoms with Gasteiger partial charge in [-0.2, -0.15) is 13.2 Å². The second-order valence-corrected chi connectivity index (χ2v) is 8.16. The summed E-state index contributed by atoms with van der Waals surface area (Å²) in [4.78, 5) is 30.8. The Morgan fingerprint density at radius 3 is 2.52 bits per heavy atom. The lowest BCUT2D eigenvalue weighted by Crippen LogP contribution is -2.48. The number of rotatable bonds is 4. The maximum atomic E-state index is 14.1. The Labute approximate surface area is 185 Å². The number of fused-ring (bicyclic) bond motifs is 2.